The average Bonchev–Trinajstić information content (AvgIpc) is 1.87. The van der Waals surface area contributed by atoms with E-state index in [0.29, 0.717) is 6.42 Å². The van der Waals surface area contributed by atoms with Gasteiger partial charge in [-0.1, -0.05) is 18.7 Å². The van der Waals surface area contributed by atoms with Gasteiger partial charge in [-0.25, -0.2) is 0 Å². The Morgan fingerprint density at radius 1 is 1.70 bits per heavy atom. The topological polar surface area (TPSA) is 46.2 Å². The number of allylic oxidation sites excluding steroid dienone is 3. The lowest BCUT2D eigenvalue weighted by Gasteiger charge is -1.91. The van der Waals surface area contributed by atoms with Crippen molar-refractivity contribution >= 4 is 0 Å². The number of aliphatic hydroxyl groups excluding tert-OH is 1. The molecule has 2 nitrogen and oxygen atoms in total. The van der Waals surface area contributed by atoms with Crippen molar-refractivity contribution in [3.8, 4) is 0 Å². The van der Waals surface area contributed by atoms with Crippen molar-refractivity contribution in [2.24, 2.45) is 5.73 Å². The van der Waals surface area contributed by atoms with E-state index in [1.165, 1.54) is 6.08 Å². The summed E-state index contributed by atoms with van der Waals surface area (Å²) < 4.78 is 0. The number of hydrogen-bond acceptors (Lipinski definition) is 2. The fourth-order valence-corrected chi connectivity index (χ4v) is 0.449. The van der Waals surface area contributed by atoms with Crippen LogP contribution in [-0.2, 0) is 0 Å². The van der Waals surface area contributed by atoms with E-state index in [1.807, 2.05) is 13.0 Å². The first-order valence-electron chi connectivity index (χ1n) is 3.12. The van der Waals surface area contributed by atoms with Crippen molar-refractivity contribution in [3.05, 3.63) is 36.3 Å². The molecule has 0 rings (SSSR count). The molecule has 0 bridgehead atoms. The molecule has 0 amide bonds. The normalized spacial score (nSPS) is 12.3. The first-order chi connectivity index (χ1) is 4.66. The van der Waals surface area contributed by atoms with Gasteiger partial charge in [0.25, 0.3) is 0 Å². The monoisotopic (exact) mass is 139 g/mol. The van der Waals surface area contributed by atoms with Crippen molar-refractivity contribution < 1.29 is 5.11 Å². The van der Waals surface area contributed by atoms with Crippen LogP contribution >= 0.6 is 0 Å². The van der Waals surface area contributed by atoms with E-state index in [9.17, 15) is 0 Å². The van der Waals surface area contributed by atoms with Crippen LogP contribution in [0, 0.1) is 0 Å². The van der Waals surface area contributed by atoms with Crippen LogP contribution in [0.2, 0.25) is 0 Å². The first-order valence-corrected chi connectivity index (χ1v) is 3.12. The van der Waals surface area contributed by atoms with Crippen molar-refractivity contribution in [2.75, 3.05) is 0 Å². The summed E-state index contributed by atoms with van der Waals surface area (Å²) in [6, 6.07) is 0. The Labute approximate surface area is 61.4 Å². The molecule has 0 aliphatic heterocycles. The van der Waals surface area contributed by atoms with Crippen LogP contribution in [0.5, 0.6) is 0 Å². The minimum Gasteiger partial charge on any atom is -0.509 e. The van der Waals surface area contributed by atoms with Gasteiger partial charge in [0.15, 0.2) is 0 Å². The van der Waals surface area contributed by atoms with Crippen LogP contribution in [0.1, 0.15) is 13.3 Å². The van der Waals surface area contributed by atoms with E-state index in [-0.39, 0.29) is 5.76 Å². The minimum atomic E-state index is 0.0592. The summed E-state index contributed by atoms with van der Waals surface area (Å²) >= 11 is 0. The van der Waals surface area contributed by atoms with E-state index in [0.717, 1.165) is 5.70 Å². The molecule has 0 aromatic heterocycles. The van der Waals surface area contributed by atoms with Gasteiger partial charge in [0.05, 0.1) is 0 Å². The van der Waals surface area contributed by atoms with E-state index >= 15 is 0 Å². The van der Waals surface area contributed by atoms with E-state index in [2.05, 4.69) is 6.58 Å². The third-order valence-electron chi connectivity index (χ3n) is 1.03. The summed E-state index contributed by atoms with van der Waals surface area (Å²) in [6.07, 6.45) is 5.77. The molecule has 0 saturated heterocycles. The predicted molar refractivity (Wildman–Crippen MR) is 43.5 cm³/mol. The first kappa shape index (κ1) is 8.82. The van der Waals surface area contributed by atoms with Crippen LogP contribution in [0.3, 0.4) is 0 Å². The van der Waals surface area contributed by atoms with Gasteiger partial charge >= 0.3 is 0 Å². The second kappa shape index (κ2) is 4.68. The van der Waals surface area contributed by atoms with Crippen molar-refractivity contribution in [1.29, 1.82) is 0 Å². The third kappa shape index (κ3) is 4.97. The summed E-state index contributed by atoms with van der Waals surface area (Å²) in [7, 11) is 0. The SMILES string of the molecule is C=C(O)/C=C\C/C(N)=C\C. The highest BCUT2D eigenvalue weighted by atomic mass is 16.3. The summed E-state index contributed by atoms with van der Waals surface area (Å²) in [5.74, 6) is 0.0592. The van der Waals surface area contributed by atoms with Crippen LogP contribution < -0.4 is 5.73 Å². The Bertz CT molecular complexity index is 168. The molecule has 0 aromatic rings. The standard InChI is InChI=1S/C8H13NO/c1-3-8(9)6-4-5-7(2)10/h3-5,10H,2,6,9H2,1H3/b5-4-,8-3+. The summed E-state index contributed by atoms with van der Waals surface area (Å²) in [6.45, 7) is 5.16. The highest BCUT2D eigenvalue weighted by molar-refractivity contribution is 5.09. The van der Waals surface area contributed by atoms with Crippen LogP contribution in [-0.4, -0.2) is 5.11 Å². The second-order valence-electron chi connectivity index (χ2n) is 1.96. The maximum atomic E-state index is 8.60. The van der Waals surface area contributed by atoms with Gasteiger partial charge in [0.2, 0.25) is 0 Å². The lowest BCUT2D eigenvalue weighted by molar-refractivity contribution is 0.435. The largest absolute Gasteiger partial charge is 0.509 e. The fraction of sp³-hybridized carbons (Fsp3) is 0.250. The average molecular weight is 139 g/mol. The Hall–Kier alpha value is -1.18. The summed E-state index contributed by atoms with van der Waals surface area (Å²) in [4.78, 5) is 0. The molecule has 10 heavy (non-hydrogen) atoms. The number of nitrogens with two attached hydrogens (primary N) is 1. The van der Waals surface area contributed by atoms with Gasteiger partial charge < -0.3 is 10.8 Å². The van der Waals surface area contributed by atoms with Crippen LogP contribution in [0.15, 0.2) is 36.3 Å². The molecule has 3 N–H and O–H groups in total. The van der Waals surface area contributed by atoms with Crippen LogP contribution in [0.25, 0.3) is 0 Å². The molecule has 0 heterocycles. The molecular weight excluding hydrogens is 126 g/mol. The van der Waals surface area contributed by atoms with Crippen molar-refractivity contribution in [3.63, 3.8) is 0 Å². The zero-order valence-electron chi connectivity index (χ0n) is 6.17. The number of aliphatic hydroxyl groups is 1. The van der Waals surface area contributed by atoms with Crippen molar-refractivity contribution in [1.82, 2.24) is 0 Å². The van der Waals surface area contributed by atoms with Gasteiger partial charge in [-0.2, -0.15) is 0 Å². The fourth-order valence-electron chi connectivity index (χ4n) is 0.449. The second-order valence-corrected chi connectivity index (χ2v) is 1.96. The lowest BCUT2D eigenvalue weighted by atomic mass is 10.3. The number of hydrogen-bond donors (Lipinski definition) is 2. The molecule has 2 heteroatoms. The quantitative estimate of drug-likeness (QED) is 0.463. The van der Waals surface area contributed by atoms with Crippen molar-refractivity contribution in [2.45, 2.75) is 13.3 Å². The summed E-state index contributed by atoms with van der Waals surface area (Å²) in [5.41, 5.74) is 6.25. The zero-order valence-corrected chi connectivity index (χ0v) is 6.17. The molecule has 0 spiro atoms. The molecule has 0 aliphatic rings. The highest BCUT2D eigenvalue weighted by Crippen LogP contribution is 1.95. The number of rotatable bonds is 3. The van der Waals surface area contributed by atoms with Gasteiger partial charge in [0.1, 0.15) is 5.76 Å². The van der Waals surface area contributed by atoms with Gasteiger partial charge in [0, 0.05) is 12.1 Å². The lowest BCUT2D eigenvalue weighted by Crippen LogP contribution is -1.93. The Morgan fingerprint density at radius 3 is 2.70 bits per heavy atom. The Morgan fingerprint density at radius 2 is 2.30 bits per heavy atom. The van der Waals surface area contributed by atoms with Crippen LogP contribution in [0.4, 0.5) is 0 Å². The Kier molecular flexibility index (Phi) is 4.12. The Balaban J connectivity index is 3.64. The predicted octanol–water partition coefficient (Wildman–Crippen LogP) is 1.87. The molecule has 0 unspecified atom stereocenters. The molecule has 0 radical (unpaired) electrons. The van der Waals surface area contributed by atoms with E-state index in [1.54, 1.807) is 6.08 Å². The van der Waals surface area contributed by atoms with E-state index < -0.39 is 0 Å². The molecular formula is C8H13NO. The molecule has 56 valence electrons. The maximum Gasteiger partial charge on any atom is 0.108 e. The highest BCUT2D eigenvalue weighted by Gasteiger charge is 1.81. The molecule has 0 saturated carbocycles. The van der Waals surface area contributed by atoms with Gasteiger partial charge in [-0.3, -0.25) is 0 Å². The minimum absolute atomic E-state index is 0.0592. The molecule has 0 aliphatic carbocycles. The van der Waals surface area contributed by atoms with E-state index in [4.69, 9.17) is 10.8 Å². The van der Waals surface area contributed by atoms with Gasteiger partial charge in [-0.05, 0) is 13.0 Å². The van der Waals surface area contributed by atoms with Gasteiger partial charge in [-0.15, -0.1) is 0 Å². The third-order valence-corrected chi connectivity index (χ3v) is 1.03. The molecule has 0 aromatic carbocycles. The molecule has 0 atom stereocenters. The maximum absolute atomic E-state index is 8.60. The summed E-state index contributed by atoms with van der Waals surface area (Å²) in [5, 5.41) is 8.60. The zero-order chi connectivity index (χ0) is 7.98. The smallest absolute Gasteiger partial charge is 0.108 e. The molecule has 0 fully saturated rings.